The van der Waals surface area contributed by atoms with Crippen molar-refractivity contribution in [2.75, 3.05) is 33.7 Å². The number of ether oxygens (including phenoxy) is 4. The standard InChI is InChI=1S/C14H23N3O4S/c1-8-6-17(13(22)16-11(8)15)12-14(2,20-5)10(19-4)9(21-12)7-18-3/h6,9-10,12H,7H2,1-5H3,(H2,15,16,22)/t9-,10?,12-,14-/m1/s1. The van der Waals surface area contributed by atoms with E-state index in [2.05, 4.69) is 4.98 Å². The molecule has 1 aliphatic rings. The summed E-state index contributed by atoms with van der Waals surface area (Å²) in [6.45, 7) is 4.19. The molecule has 7 nitrogen and oxygen atoms in total. The number of nitrogens with zero attached hydrogens (tertiary/aromatic N) is 2. The van der Waals surface area contributed by atoms with Gasteiger partial charge in [0.25, 0.3) is 0 Å². The van der Waals surface area contributed by atoms with Crippen molar-refractivity contribution in [1.82, 2.24) is 9.55 Å². The SMILES string of the molecule is COC[C@H]1O[C@@H](n2cc(C)c(N)nc2=S)[C@](C)(OC)C1OC. The van der Waals surface area contributed by atoms with Crippen molar-refractivity contribution in [3.8, 4) is 0 Å². The van der Waals surface area contributed by atoms with Crippen LogP contribution in [0, 0.1) is 11.7 Å². The molecular formula is C14H23N3O4S. The Hall–Kier alpha value is -1.06. The predicted molar refractivity (Wildman–Crippen MR) is 84.2 cm³/mol. The Morgan fingerprint density at radius 1 is 1.45 bits per heavy atom. The fourth-order valence-electron chi connectivity index (χ4n) is 2.86. The van der Waals surface area contributed by atoms with Gasteiger partial charge in [-0.25, -0.2) is 4.98 Å². The molecule has 0 bridgehead atoms. The minimum atomic E-state index is -0.736. The van der Waals surface area contributed by atoms with Gasteiger partial charge in [-0.3, -0.25) is 4.57 Å². The van der Waals surface area contributed by atoms with Crippen molar-refractivity contribution >= 4 is 18.0 Å². The lowest BCUT2D eigenvalue weighted by atomic mass is 9.95. The molecule has 0 spiro atoms. The maximum atomic E-state index is 6.11. The third-order valence-electron chi connectivity index (χ3n) is 4.15. The minimum Gasteiger partial charge on any atom is -0.383 e. The van der Waals surface area contributed by atoms with Gasteiger partial charge in [0.05, 0.1) is 6.61 Å². The molecule has 2 rings (SSSR count). The van der Waals surface area contributed by atoms with E-state index in [1.165, 1.54) is 0 Å². The maximum absolute atomic E-state index is 6.11. The first-order valence-electron chi connectivity index (χ1n) is 6.96. The molecule has 124 valence electrons. The summed E-state index contributed by atoms with van der Waals surface area (Å²) in [5, 5.41) is 0. The van der Waals surface area contributed by atoms with Crippen LogP contribution < -0.4 is 5.73 Å². The third-order valence-corrected chi connectivity index (χ3v) is 4.45. The van der Waals surface area contributed by atoms with Crippen LogP contribution in [0.4, 0.5) is 5.82 Å². The van der Waals surface area contributed by atoms with Crippen LogP contribution in [0.15, 0.2) is 6.20 Å². The first kappa shape index (κ1) is 17.3. The maximum Gasteiger partial charge on any atom is 0.203 e. The Balaban J connectivity index is 2.49. The van der Waals surface area contributed by atoms with Crippen LogP contribution in [0.25, 0.3) is 0 Å². The molecule has 1 saturated heterocycles. The summed E-state index contributed by atoms with van der Waals surface area (Å²) in [6, 6.07) is 0. The lowest BCUT2D eigenvalue weighted by Gasteiger charge is -2.34. The van der Waals surface area contributed by atoms with E-state index in [0.717, 1.165) is 5.56 Å². The molecule has 0 saturated carbocycles. The van der Waals surface area contributed by atoms with E-state index >= 15 is 0 Å². The summed E-state index contributed by atoms with van der Waals surface area (Å²) in [5.74, 6) is 0.412. The summed E-state index contributed by atoms with van der Waals surface area (Å²) in [4.78, 5) is 4.19. The summed E-state index contributed by atoms with van der Waals surface area (Å²) in [6.07, 6.45) is 0.767. The molecule has 1 unspecified atom stereocenters. The van der Waals surface area contributed by atoms with Gasteiger partial charge < -0.3 is 24.7 Å². The van der Waals surface area contributed by atoms with E-state index in [9.17, 15) is 0 Å². The molecule has 22 heavy (non-hydrogen) atoms. The Kier molecular flexibility index (Phi) is 5.18. The van der Waals surface area contributed by atoms with Crippen LogP contribution in [0.3, 0.4) is 0 Å². The van der Waals surface area contributed by atoms with E-state index in [-0.39, 0.29) is 12.2 Å². The van der Waals surface area contributed by atoms with Crippen molar-refractivity contribution in [3.05, 3.63) is 16.5 Å². The summed E-state index contributed by atoms with van der Waals surface area (Å²) in [5.41, 5.74) is 5.89. The van der Waals surface area contributed by atoms with Gasteiger partial charge in [0.1, 0.15) is 23.6 Å². The Labute approximate surface area is 135 Å². The van der Waals surface area contributed by atoms with Crippen LogP contribution in [0.2, 0.25) is 0 Å². The highest BCUT2D eigenvalue weighted by molar-refractivity contribution is 7.71. The Bertz CT molecular complexity index is 594. The van der Waals surface area contributed by atoms with Crippen molar-refractivity contribution in [1.29, 1.82) is 0 Å². The topological polar surface area (TPSA) is 80.8 Å². The van der Waals surface area contributed by atoms with Gasteiger partial charge in [-0.05, 0) is 26.1 Å². The molecule has 0 aromatic carbocycles. The average Bonchev–Trinajstić information content (AvgIpc) is 2.76. The lowest BCUT2D eigenvalue weighted by molar-refractivity contribution is -0.127. The number of anilines is 1. The first-order chi connectivity index (χ1) is 10.4. The van der Waals surface area contributed by atoms with Gasteiger partial charge in [0.15, 0.2) is 6.23 Å². The molecule has 0 amide bonds. The zero-order valence-corrected chi connectivity index (χ0v) is 14.3. The van der Waals surface area contributed by atoms with Gasteiger partial charge in [-0.15, -0.1) is 0 Å². The Morgan fingerprint density at radius 2 is 2.14 bits per heavy atom. The largest absolute Gasteiger partial charge is 0.383 e. The van der Waals surface area contributed by atoms with Crippen LogP contribution in [-0.4, -0.2) is 55.3 Å². The normalized spacial score (nSPS) is 31.6. The highest BCUT2D eigenvalue weighted by atomic mass is 32.1. The van der Waals surface area contributed by atoms with Gasteiger partial charge in [0, 0.05) is 33.1 Å². The van der Waals surface area contributed by atoms with E-state index < -0.39 is 11.8 Å². The van der Waals surface area contributed by atoms with E-state index in [0.29, 0.717) is 17.2 Å². The fraction of sp³-hybridized carbons (Fsp3) is 0.714. The monoisotopic (exact) mass is 329 g/mol. The zero-order chi connectivity index (χ0) is 16.5. The second kappa shape index (κ2) is 6.59. The summed E-state index contributed by atoms with van der Waals surface area (Å²) >= 11 is 5.33. The van der Waals surface area contributed by atoms with Crippen LogP contribution in [0.1, 0.15) is 18.7 Å². The summed E-state index contributed by atoms with van der Waals surface area (Å²) in [7, 11) is 4.87. The van der Waals surface area contributed by atoms with Gasteiger partial charge in [-0.1, -0.05) is 0 Å². The molecule has 1 aliphatic heterocycles. The average molecular weight is 329 g/mol. The van der Waals surface area contributed by atoms with Crippen molar-refractivity contribution in [3.63, 3.8) is 0 Å². The molecule has 0 radical (unpaired) electrons. The van der Waals surface area contributed by atoms with Gasteiger partial charge in [0.2, 0.25) is 4.77 Å². The molecular weight excluding hydrogens is 306 g/mol. The van der Waals surface area contributed by atoms with Crippen molar-refractivity contribution < 1.29 is 18.9 Å². The number of aryl methyl sites for hydroxylation is 1. The number of rotatable bonds is 5. The van der Waals surface area contributed by atoms with E-state index in [1.807, 2.05) is 20.0 Å². The molecule has 2 heterocycles. The van der Waals surface area contributed by atoms with Crippen molar-refractivity contribution in [2.24, 2.45) is 0 Å². The molecule has 0 aliphatic carbocycles. The first-order valence-corrected chi connectivity index (χ1v) is 7.37. The highest BCUT2D eigenvalue weighted by Crippen LogP contribution is 2.42. The quantitative estimate of drug-likeness (QED) is 0.819. The predicted octanol–water partition coefficient (Wildman–Crippen LogP) is 1.47. The zero-order valence-electron chi connectivity index (χ0n) is 13.5. The van der Waals surface area contributed by atoms with Gasteiger partial charge >= 0.3 is 0 Å². The Morgan fingerprint density at radius 3 is 2.68 bits per heavy atom. The molecule has 8 heteroatoms. The molecule has 1 aromatic rings. The smallest absolute Gasteiger partial charge is 0.203 e. The third kappa shape index (κ3) is 2.77. The fourth-order valence-corrected chi connectivity index (χ4v) is 3.11. The summed E-state index contributed by atoms with van der Waals surface area (Å²) < 4.78 is 24.8. The van der Waals surface area contributed by atoms with Crippen LogP contribution in [-0.2, 0) is 18.9 Å². The lowest BCUT2D eigenvalue weighted by Crippen LogP contribution is -2.47. The number of hydrogen-bond acceptors (Lipinski definition) is 7. The number of nitrogens with two attached hydrogens (primary N) is 1. The molecule has 1 fully saturated rings. The van der Waals surface area contributed by atoms with E-state index in [4.69, 9.17) is 36.9 Å². The number of nitrogen functional groups attached to an aromatic ring is 1. The van der Waals surface area contributed by atoms with Crippen molar-refractivity contribution in [2.45, 2.75) is 37.9 Å². The van der Waals surface area contributed by atoms with E-state index in [1.54, 1.807) is 25.9 Å². The molecule has 4 atom stereocenters. The second-order valence-corrected chi connectivity index (χ2v) is 5.89. The number of hydrogen-bond donors (Lipinski definition) is 1. The second-order valence-electron chi connectivity index (χ2n) is 5.53. The number of methoxy groups -OCH3 is 3. The molecule has 1 aromatic heterocycles. The number of aromatic nitrogens is 2. The molecule has 2 N–H and O–H groups in total. The van der Waals surface area contributed by atoms with Crippen LogP contribution >= 0.6 is 12.2 Å². The van der Waals surface area contributed by atoms with Gasteiger partial charge in [-0.2, -0.15) is 0 Å². The minimum absolute atomic E-state index is 0.273. The van der Waals surface area contributed by atoms with Crippen LogP contribution in [0.5, 0.6) is 0 Å². The highest BCUT2D eigenvalue weighted by Gasteiger charge is 2.55.